The van der Waals surface area contributed by atoms with Gasteiger partial charge in [0.15, 0.2) is 0 Å². The third-order valence-electron chi connectivity index (χ3n) is 4.08. The van der Waals surface area contributed by atoms with Gasteiger partial charge in [-0.15, -0.1) is 0 Å². The van der Waals surface area contributed by atoms with Gasteiger partial charge in [0.25, 0.3) is 0 Å². The highest BCUT2D eigenvalue weighted by Gasteiger charge is 2.21. The molecule has 0 atom stereocenters. The van der Waals surface area contributed by atoms with Gasteiger partial charge < -0.3 is 9.84 Å². The van der Waals surface area contributed by atoms with Gasteiger partial charge in [-0.3, -0.25) is 13.9 Å². The Bertz CT molecular complexity index is 1050. The van der Waals surface area contributed by atoms with Crippen LogP contribution in [0.2, 0.25) is 0 Å². The van der Waals surface area contributed by atoms with Crippen LogP contribution in [0.5, 0.6) is 0 Å². The number of nitrogens with one attached hydrogen (secondary N) is 1. The van der Waals surface area contributed by atoms with Crippen molar-refractivity contribution in [1.82, 2.24) is 24.6 Å². The van der Waals surface area contributed by atoms with Gasteiger partial charge >= 0.3 is 5.69 Å². The smallest absolute Gasteiger partial charge is 0.329 e. The Morgan fingerprint density at radius 2 is 1.96 bits per heavy atom. The maximum absolute atomic E-state index is 13.0. The molecule has 8 nitrogen and oxygen atoms in total. The largest absolute Gasteiger partial charge is 0.350 e. The summed E-state index contributed by atoms with van der Waals surface area (Å²) in [6.45, 7) is 11.3. The van der Waals surface area contributed by atoms with Crippen LogP contribution < -0.4 is 11.0 Å². The van der Waals surface area contributed by atoms with E-state index in [0.29, 0.717) is 17.2 Å². The Hall–Kier alpha value is -2.90. The van der Waals surface area contributed by atoms with Gasteiger partial charge in [-0.25, -0.2) is 4.79 Å². The second-order valence-electron chi connectivity index (χ2n) is 7.97. The number of benzene rings is 1. The van der Waals surface area contributed by atoms with E-state index in [1.165, 1.54) is 4.57 Å². The summed E-state index contributed by atoms with van der Waals surface area (Å²) in [7, 11) is 0. The molecule has 0 spiro atoms. The topological polar surface area (TPSA) is 95.0 Å². The highest BCUT2D eigenvalue weighted by atomic mass is 16.5. The van der Waals surface area contributed by atoms with Gasteiger partial charge in [0.1, 0.15) is 6.54 Å². The molecule has 0 aliphatic carbocycles. The molecule has 0 saturated heterocycles. The molecular weight excluding hydrogens is 346 g/mol. The SMILES string of the molecule is Cc1nc(-c2ccc3c(c2)n(CC(=O)NC(C)(C)C)c(=O)n3C(C)C)no1. The van der Waals surface area contributed by atoms with E-state index < -0.39 is 0 Å². The average molecular weight is 371 g/mol. The summed E-state index contributed by atoms with van der Waals surface area (Å²) in [6, 6.07) is 5.50. The summed E-state index contributed by atoms with van der Waals surface area (Å²) in [6.07, 6.45) is 0. The first-order valence-corrected chi connectivity index (χ1v) is 8.93. The highest BCUT2D eigenvalue weighted by Crippen LogP contribution is 2.24. The molecule has 2 heterocycles. The number of rotatable bonds is 4. The predicted octanol–water partition coefficient (Wildman–Crippen LogP) is 2.66. The zero-order chi connectivity index (χ0) is 19.9. The number of aromatic nitrogens is 4. The average Bonchev–Trinajstić information content (AvgIpc) is 3.07. The number of amides is 1. The second kappa shape index (κ2) is 6.68. The molecule has 1 N–H and O–H groups in total. The van der Waals surface area contributed by atoms with E-state index in [4.69, 9.17) is 4.52 Å². The van der Waals surface area contributed by atoms with Gasteiger partial charge in [0, 0.05) is 24.1 Å². The number of carbonyl (C=O) groups excluding carboxylic acids is 1. The Labute approximate surface area is 157 Å². The molecule has 27 heavy (non-hydrogen) atoms. The predicted molar refractivity (Wildman–Crippen MR) is 103 cm³/mol. The van der Waals surface area contributed by atoms with Gasteiger partial charge in [0.2, 0.25) is 17.6 Å². The van der Waals surface area contributed by atoms with Crippen LogP contribution in [0.4, 0.5) is 0 Å². The first kappa shape index (κ1) is 18.9. The molecule has 2 aromatic heterocycles. The molecule has 0 unspecified atom stereocenters. The van der Waals surface area contributed by atoms with E-state index in [-0.39, 0.29) is 29.7 Å². The minimum absolute atomic E-state index is 0.0369. The minimum atomic E-state index is -0.371. The fourth-order valence-corrected chi connectivity index (χ4v) is 3.09. The standard InChI is InChI=1S/C19H25N5O3/c1-11(2)24-14-8-7-13(17-20-12(3)27-22-17)9-15(14)23(18(24)26)10-16(25)21-19(4,5)6/h7-9,11H,10H2,1-6H3,(H,21,25). The van der Waals surface area contributed by atoms with Crippen LogP contribution in [0.15, 0.2) is 27.5 Å². The molecule has 0 radical (unpaired) electrons. The number of aryl methyl sites for hydroxylation is 1. The third kappa shape index (κ3) is 3.79. The van der Waals surface area contributed by atoms with Crippen LogP contribution in [0.25, 0.3) is 22.4 Å². The second-order valence-corrected chi connectivity index (χ2v) is 7.97. The first-order valence-electron chi connectivity index (χ1n) is 8.93. The molecule has 3 rings (SSSR count). The summed E-state index contributed by atoms with van der Waals surface area (Å²) in [5.41, 5.74) is 1.57. The van der Waals surface area contributed by atoms with E-state index in [0.717, 1.165) is 11.1 Å². The monoisotopic (exact) mass is 371 g/mol. The van der Waals surface area contributed by atoms with Crippen LogP contribution in [0.1, 0.15) is 46.6 Å². The summed E-state index contributed by atoms with van der Waals surface area (Å²) in [5, 5.41) is 6.84. The van der Waals surface area contributed by atoms with Crippen LogP contribution in [-0.2, 0) is 11.3 Å². The molecule has 1 amide bonds. The van der Waals surface area contributed by atoms with E-state index in [1.807, 2.05) is 52.8 Å². The molecule has 144 valence electrons. The molecule has 3 aromatic rings. The number of fused-ring (bicyclic) bond motifs is 1. The quantitative estimate of drug-likeness (QED) is 0.761. The van der Waals surface area contributed by atoms with Crippen molar-refractivity contribution in [2.24, 2.45) is 0 Å². The molecule has 0 aliphatic rings. The van der Waals surface area contributed by atoms with E-state index in [9.17, 15) is 9.59 Å². The van der Waals surface area contributed by atoms with Crippen molar-refractivity contribution >= 4 is 16.9 Å². The number of nitrogens with zero attached hydrogens (tertiary/aromatic N) is 4. The highest BCUT2D eigenvalue weighted by molar-refractivity contribution is 5.84. The van der Waals surface area contributed by atoms with Crippen molar-refractivity contribution in [3.05, 3.63) is 34.6 Å². The fourth-order valence-electron chi connectivity index (χ4n) is 3.09. The normalized spacial score (nSPS) is 12.1. The summed E-state index contributed by atoms with van der Waals surface area (Å²) in [4.78, 5) is 29.7. The van der Waals surface area contributed by atoms with Crippen molar-refractivity contribution in [1.29, 1.82) is 0 Å². The lowest BCUT2D eigenvalue weighted by Crippen LogP contribution is -2.43. The maximum atomic E-state index is 13.0. The molecule has 0 saturated carbocycles. The molecule has 0 aliphatic heterocycles. The fraction of sp³-hybridized carbons (Fsp3) is 0.474. The lowest BCUT2D eigenvalue weighted by Gasteiger charge is -2.20. The van der Waals surface area contributed by atoms with Crippen molar-refractivity contribution in [3.63, 3.8) is 0 Å². The Morgan fingerprint density at radius 3 is 2.52 bits per heavy atom. The zero-order valence-corrected chi connectivity index (χ0v) is 16.5. The number of hydrogen-bond acceptors (Lipinski definition) is 5. The van der Waals surface area contributed by atoms with Crippen LogP contribution in [0.3, 0.4) is 0 Å². The number of hydrogen-bond donors (Lipinski definition) is 1. The molecule has 8 heteroatoms. The lowest BCUT2D eigenvalue weighted by molar-refractivity contribution is -0.123. The van der Waals surface area contributed by atoms with Gasteiger partial charge in [0.05, 0.1) is 11.0 Å². The number of imidazole rings is 1. The third-order valence-corrected chi connectivity index (χ3v) is 4.08. The number of carbonyl (C=O) groups is 1. The zero-order valence-electron chi connectivity index (χ0n) is 16.5. The van der Waals surface area contributed by atoms with Gasteiger partial charge in [-0.1, -0.05) is 5.16 Å². The van der Waals surface area contributed by atoms with Crippen LogP contribution in [-0.4, -0.2) is 30.7 Å². The summed E-state index contributed by atoms with van der Waals surface area (Å²) < 4.78 is 8.23. The first-order chi connectivity index (χ1) is 12.6. The van der Waals surface area contributed by atoms with Gasteiger partial charge in [-0.2, -0.15) is 4.98 Å². The maximum Gasteiger partial charge on any atom is 0.329 e. The summed E-state index contributed by atoms with van der Waals surface area (Å²) in [5.74, 6) is 0.699. The van der Waals surface area contributed by atoms with Crippen LogP contribution in [0, 0.1) is 6.92 Å². The van der Waals surface area contributed by atoms with Crippen molar-refractivity contribution in [2.45, 2.75) is 59.7 Å². The molecule has 0 bridgehead atoms. The molecule has 1 aromatic carbocycles. The summed E-state index contributed by atoms with van der Waals surface area (Å²) >= 11 is 0. The van der Waals surface area contributed by atoms with E-state index in [1.54, 1.807) is 11.5 Å². The van der Waals surface area contributed by atoms with Crippen molar-refractivity contribution in [3.8, 4) is 11.4 Å². The minimum Gasteiger partial charge on any atom is -0.350 e. The van der Waals surface area contributed by atoms with E-state index in [2.05, 4.69) is 15.5 Å². The lowest BCUT2D eigenvalue weighted by atomic mass is 10.1. The Kier molecular flexibility index (Phi) is 4.67. The molecule has 0 fully saturated rings. The van der Waals surface area contributed by atoms with Crippen molar-refractivity contribution in [2.75, 3.05) is 0 Å². The van der Waals surface area contributed by atoms with E-state index >= 15 is 0 Å². The Morgan fingerprint density at radius 1 is 1.26 bits per heavy atom. The van der Waals surface area contributed by atoms with Gasteiger partial charge in [-0.05, 0) is 52.8 Å². The van der Waals surface area contributed by atoms with Crippen molar-refractivity contribution < 1.29 is 9.32 Å². The van der Waals surface area contributed by atoms with Crippen LogP contribution >= 0.6 is 0 Å². The molecular formula is C19H25N5O3. The Balaban J connectivity index is 2.13.